The normalized spacial score (nSPS) is 11.9. The van der Waals surface area contributed by atoms with Crippen molar-refractivity contribution < 1.29 is 14.3 Å². The van der Waals surface area contributed by atoms with Gasteiger partial charge in [-0.1, -0.05) is 0 Å². The number of halogens is 1. The number of pyridine rings is 1. The summed E-state index contributed by atoms with van der Waals surface area (Å²) in [5.41, 5.74) is 6.26. The number of hydrogen-bond donors (Lipinski definition) is 3. The Bertz CT molecular complexity index is 632. The van der Waals surface area contributed by atoms with Crippen molar-refractivity contribution in [1.29, 1.82) is 0 Å². The summed E-state index contributed by atoms with van der Waals surface area (Å²) in [6.07, 6.45) is 3.27. The van der Waals surface area contributed by atoms with Gasteiger partial charge in [-0.3, -0.25) is 4.98 Å². The molecule has 1 unspecified atom stereocenters. The molecule has 0 radical (unpaired) electrons. The highest BCUT2D eigenvalue weighted by Gasteiger charge is 2.15. The fourth-order valence-corrected chi connectivity index (χ4v) is 1.85. The first-order chi connectivity index (χ1) is 9.49. The van der Waals surface area contributed by atoms with Crippen molar-refractivity contribution in [3.8, 4) is 0 Å². The van der Waals surface area contributed by atoms with Crippen LogP contribution in [0.1, 0.15) is 28.9 Å². The average molecular weight is 275 g/mol. The second-order valence-corrected chi connectivity index (χ2v) is 4.37. The minimum atomic E-state index is -1.19. The molecule has 0 fully saturated rings. The second kappa shape index (κ2) is 5.56. The molecule has 20 heavy (non-hydrogen) atoms. The number of nitrogen functional groups attached to an aromatic ring is 1. The molecule has 4 N–H and O–H groups in total. The molecule has 1 heterocycles. The molecule has 0 spiro atoms. The molecule has 0 saturated heterocycles. The van der Waals surface area contributed by atoms with Gasteiger partial charge in [0.15, 0.2) is 0 Å². The van der Waals surface area contributed by atoms with Crippen LogP contribution in [0.25, 0.3) is 0 Å². The van der Waals surface area contributed by atoms with Gasteiger partial charge in [-0.25, -0.2) is 9.18 Å². The molecule has 2 rings (SSSR count). The molecule has 1 aromatic carbocycles. The zero-order chi connectivity index (χ0) is 14.7. The minimum absolute atomic E-state index is 0.0981. The Labute approximate surface area is 115 Å². The Hall–Kier alpha value is -2.63. The molecular formula is C14H14FN3O2. The van der Waals surface area contributed by atoms with Gasteiger partial charge in [0, 0.05) is 24.1 Å². The van der Waals surface area contributed by atoms with Crippen LogP contribution in [0.4, 0.5) is 15.8 Å². The first kappa shape index (κ1) is 13.8. The maximum atomic E-state index is 13.8. The summed E-state index contributed by atoms with van der Waals surface area (Å²) >= 11 is 0. The summed E-state index contributed by atoms with van der Waals surface area (Å²) in [4.78, 5) is 14.9. The predicted octanol–water partition coefficient (Wildman–Crippen LogP) is 2.67. The largest absolute Gasteiger partial charge is 0.478 e. The predicted molar refractivity (Wildman–Crippen MR) is 74.0 cm³/mol. The summed E-state index contributed by atoms with van der Waals surface area (Å²) in [6, 6.07) is 5.60. The standard InChI is InChI=1S/C14H14FN3O2/c1-8(9-2-4-17-5-3-9)18-13-6-10(14(19)20)12(16)7-11(13)15/h2-8,18H,16H2,1H3,(H,19,20). The van der Waals surface area contributed by atoms with E-state index in [-0.39, 0.29) is 23.0 Å². The van der Waals surface area contributed by atoms with Gasteiger partial charge < -0.3 is 16.2 Å². The quantitative estimate of drug-likeness (QED) is 0.746. The zero-order valence-corrected chi connectivity index (χ0v) is 10.8. The number of carboxylic acid groups (broad SMARTS) is 1. The lowest BCUT2D eigenvalue weighted by molar-refractivity contribution is 0.0698. The lowest BCUT2D eigenvalue weighted by Crippen LogP contribution is -2.10. The molecular weight excluding hydrogens is 261 g/mol. The van der Waals surface area contributed by atoms with Crippen molar-refractivity contribution >= 4 is 17.3 Å². The van der Waals surface area contributed by atoms with E-state index in [2.05, 4.69) is 10.3 Å². The molecule has 0 bridgehead atoms. The van der Waals surface area contributed by atoms with Crippen LogP contribution in [0, 0.1) is 5.82 Å². The van der Waals surface area contributed by atoms with Gasteiger partial charge in [-0.05, 0) is 36.8 Å². The van der Waals surface area contributed by atoms with Crippen LogP contribution in [0.15, 0.2) is 36.7 Å². The van der Waals surface area contributed by atoms with Crippen molar-refractivity contribution in [3.05, 3.63) is 53.6 Å². The average Bonchev–Trinajstić information content (AvgIpc) is 2.42. The van der Waals surface area contributed by atoms with Crippen LogP contribution in [0.5, 0.6) is 0 Å². The van der Waals surface area contributed by atoms with Crippen LogP contribution in [0.2, 0.25) is 0 Å². The summed E-state index contributed by atoms with van der Waals surface area (Å²) in [6.45, 7) is 1.84. The second-order valence-electron chi connectivity index (χ2n) is 4.37. The fourth-order valence-electron chi connectivity index (χ4n) is 1.85. The highest BCUT2D eigenvalue weighted by atomic mass is 19.1. The van der Waals surface area contributed by atoms with Gasteiger partial charge in [0.25, 0.3) is 0 Å². The Morgan fingerprint density at radius 2 is 2.05 bits per heavy atom. The SMILES string of the molecule is CC(Nc1cc(C(=O)O)c(N)cc1F)c1ccncc1. The Kier molecular flexibility index (Phi) is 3.84. The van der Waals surface area contributed by atoms with E-state index in [1.165, 1.54) is 6.07 Å². The first-order valence-electron chi connectivity index (χ1n) is 5.98. The number of nitrogens with two attached hydrogens (primary N) is 1. The van der Waals surface area contributed by atoms with E-state index in [1.807, 2.05) is 6.92 Å². The molecule has 5 nitrogen and oxygen atoms in total. The molecule has 0 aliphatic carbocycles. The number of aromatic nitrogens is 1. The third-order valence-electron chi connectivity index (χ3n) is 2.95. The number of nitrogens with zero attached hydrogens (tertiary/aromatic N) is 1. The van der Waals surface area contributed by atoms with E-state index in [4.69, 9.17) is 10.8 Å². The zero-order valence-electron chi connectivity index (χ0n) is 10.8. The summed E-state index contributed by atoms with van der Waals surface area (Å²) in [7, 11) is 0. The smallest absolute Gasteiger partial charge is 0.337 e. The fraction of sp³-hybridized carbons (Fsp3) is 0.143. The van der Waals surface area contributed by atoms with E-state index in [1.54, 1.807) is 24.5 Å². The molecule has 2 aromatic rings. The monoisotopic (exact) mass is 275 g/mol. The van der Waals surface area contributed by atoms with Crippen LogP contribution in [0.3, 0.4) is 0 Å². The lowest BCUT2D eigenvalue weighted by Gasteiger charge is -2.17. The van der Waals surface area contributed by atoms with E-state index in [9.17, 15) is 9.18 Å². The van der Waals surface area contributed by atoms with Crippen molar-refractivity contribution in [2.75, 3.05) is 11.1 Å². The van der Waals surface area contributed by atoms with E-state index >= 15 is 0 Å². The molecule has 104 valence electrons. The molecule has 6 heteroatoms. The van der Waals surface area contributed by atoms with Crippen LogP contribution in [-0.2, 0) is 0 Å². The van der Waals surface area contributed by atoms with Gasteiger partial charge in [-0.15, -0.1) is 0 Å². The van der Waals surface area contributed by atoms with Gasteiger partial charge in [0.1, 0.15) is 5.82 Å². The number of rotatable bonds is 4. The van der Waals surface area contributed by atoms with Crippen LogP contribution >= 0.6 is 0 Å². The number of aromatic carboxylic acids is 1. The number of hydrogen-bond acceptors (Lipinski definition) is 4. The number of carboxylic acids is 1. The summed E-state index contributed by atoms with van der Waals surface area (Å²) in [5.74, 6) is -1.78. The van der Waals surface area contributed by atoms with Crippen LogP contribution in [-0.4, -0.2) is 16.1 Å². The summed E-state index contributed by atoms with van der Waals surface area (Å²) < 4.78 is 13.8. The van der Waals surface area contributed by atoms with Crippen molar-refractivity contribution in [2.45, 2.75) is 13.0 Å². The van der Waals surface area contributed by atoms with E-state index < -0.39 is 11.8 Å². The molecule has 0 aliphatic rings. The molecule has 1 atom stereocenters. The third-order valence-corrected chi connectivity index (χ3v) is 2.95. The number of anilines is 2. The van der Waals surface area contributed by atoms with Crippen molar-refractivity contribution in [2.24, 2.45) is 0 Å². The van der Waals surface area contributed by atoms with Crippen molar-refractivity contribution in [3.63, 3.8) is 0 Å². The van der Waals surface area contributed by atoms with Gasteiger partial charge in [0.2, 0.25) is 0 Å². The van der Waals surface area contributed by atoms with Gasteiger partial charge >= 0.3 is 5.97 Å². The molecule has 1 aromatic heterocycles. The van der Waals surface area contributed by atoms with E-state index in [0.29, 0.717) is 0 Å². The Morgan fingerprint density at radius 1 is 1.40 bits per heavy atom. The van der Waals surface area contributed by atoms with Crippen molar-refractivity contribution in [1.82, 2.24) is 4.98 Å². The highest BCUT2D eigenvalue weighted by Crippen LogP contribution is 2.26. The lowest BCUT2D eigenvalue weighted by atomic mass is 10.1. The van der Waals surface area contributed by atoms with Gasteiger partial charge in [0.05, 0.1) is 11.3 Å². The first-order valence-corrected chi connectivity index (χ1v) is 5.98. The number of carbonyl (C=O) groups is 1. The minimum Gasteiger partial charge on any atom is -0.478 e. The van der Waals surface area contributed by atoms with Gasteiger partial charge in [-0.2, -0.15) is 0 Å². The maximum absolute atomic E-state index is 13.8. The Morgan fingerprint density at radius 3 is 2.65 bits per heavy atom. The Balaban J connectivity index is 2.29. The third kappa shape index (κ3) is 2.85. The number of nitrogens with one attached hydrogen (secondary N) is 1. The molecule has 0 aliphatic heterocycles. The summed E-state index contributed by atoms with van der Waals surface area (Å²) in [5, 5.41) is 11.9. The highest BCUT2D eigenvalue weighted by molar-refractivity contribution is 5.94. The molecule has 0 saturated carbocycles. The number of benzene rings is 1. The maximum Gasteiger partial charge on any atom is 0.337 e. The molecule has 0 amide bonds. The van der Waals surface area contributed by atoms with Crippen LogP contribution < -0.4 is 11.1 Å². The topological polar surface area (TPSA) is 88.2 Å². The van der Waals surface area contributed by atoms with E-state index in [0.717, 1.165) is 11.6 Å².